The van der Waals surface area contributed by atoms with Crippen molar-refractivity contribution in [2.45, 2.75) is 64.2 Å². The van der Waals surface area contributed by atoms with Gasteiger partial charge in [0.2, 0.25) is 0 Å². The number of nitrogens with one attached hydrogen (secondary N) is 2. The normalized spacial score (nSPS) is 27.3. The van der Waals surface area contributed by atoms with Gasteiger partial charge < -0.3 is 10.1 Å². The summed E-state index contributed by atoms with van der Waals surface area (Å²) in [4.78, 5) is 12.3. The van der Waals surface area contributed by atoms with Crippen LogP contribution in [-0.2, 0) is 11.2 Å². The third kappa shape index (κ3) is 2.39. The minimum atomic E-state index is -0.0364. The first-order chi connectivity index (χ1) is 9.15. The second kappa shape index (κ2) is 4.96. The van der Waals surface area contributed by atoms with Crippen LogP contribution in [0.5, 0.6) is 0 Å². The van der Waals surface area contributed by atoms with Crippen LogP contribution < -0.4 is 5.32 Å². The first-order valence-corrected chi connectivity index (χ1v) is 7.18. The first-order valence-electron chi connectivity index (χ1n) is 7.18. The fourth-order valence-corrected chi connectivity index (χ4v) is 3.19. The monoisotopic (exact) mass is 263 g/mol. The molecule has 104 valence electrons. The molecule has 3 rings (SSSR count). The van der Waals surface area contributed by atoms with Crippen LogP contribution in [0.25, 0.3) is 0 Å². The van der Waals surface area contributed by atoms with E-state index in [-0.39, 0.29) is 18.1 Å². The largest absolute Gasteiger partial charge is 0.369 e. The van der Waals surface area contributed by atoms with Crippen LogP contribution in [0, 0.1) is 0 Å². The van der Waals surface area contributed by atoms with Crippen molar-refractivity contribution in [1.82, 2.24) is 15.5 Å². The zero-order valence-electron chi connectivity index (χ0n) is 11.5. The highest BCUT2D eigenvalue weighted by Crippen LogP contribution is 2.30. The van der Waals surface area contributed by atoms with E-state index in [4.69, 9.17) is 4.74 Å². The van der Waals surface area contributed by atoms with Crippen LogP contribution in [0.15, 0.2) is 0 Å². The third-order valence-corrected chi connectivity index (χ3v) is 4.14. The summed E-state index contributed by atoms with van der Waals surface area (Å²) in [6.45, 7) is 4.02. The highest BCUT2D eigenvalue weighted by atomic mass is 16.5. The minimum Gasteiger partial charge on any atom is -0.369 e. The van der Waals surface area contributed by atoms with Crippen molar-refractivity contribution in [2.75, 3.05) is 0 Å². The summed E-state index contributed by atoms with van der Waals surface area (Å²) in [5, 5.41) is 10.3. The molecule has 1 aromatic rings. The lowest BCUT2D eigenvalue weighted by Crippen LogP contribution is -2.34. The van der Waals surface area contributed by atoms with E-state index in [0.717, 1.165) is 30.5 Å². The maximum atomic E-state index is 12.3. The van der Waals surface area contributed by atoms with Crippen molar-refractivity contribution in [3.63, 3.8) is 0 Å². The first kappa shape index (κ1) is 12.7. The number of aromatic nitrogens is 2. The van der Waals surface area contributed by atoms with Gasteiger partial charge in [-0.25, -0.2) is 0 Å². The molecule has 1 aliphatic carbocycles. The number of amides is 1. The van der Waals surface area contributed by atoms with Gasteiger partial charge in [-0.2, -0.15) is 5.10 Å². The van der Waals surface area contributed by atoms with E-state index in [1.54, 1.807) is 0 Å². The van der Waals surface area contributed by atoms with E-state index in [1.807, 2.05) is 13.8 Å². The Bertz CT molecular complexity index is 477. The number of fused-ring (bicyclic) bond motifs is 1. The average Bonchev–Trinajstić information content (AvgIpc) is 2.97. The predicted molar refractivity (Wildman–Crippen MR) is 71.0 cm³/mol. The van der Waals surface area contributed by atoms with Crippen LogP contribution in [0.4, 0.5) is 0 Å². The van der Waals surface area contributed by atoms with Crippen molar-refractivity contribution in [3.05, 3.63) is 17.0 Å². The van der Waals surface area contributed by atoms with Gasteiger partial charge in [-0.05, 0) is 26.7 Å². The molecule has 1 fully saturated rings. The molecule has 0 spiro atoms. The molecular formula is C14H21N3O2. The number of ether oxygens (including phenoxy) is 1. The standard InChI is InChI=1S/C14H21N3O2/c1-8-7-11-12(9(2)19-8)16-17-13(11)14(18)15-10-5-3-4-6-10/h8-10H,3-7H2,1-2H3,(H,15,18)(H,16,17)/t8-,9+/m1/s1. The minimum absolute atomic E-state index is 0.0146. The van der Waals surface area contributed by atoms with Gasteiger partial charge in [-0.15, -0.1) is 0 Å². The number of carbonyl (C=O) groups is 1. The highest BCUT2D eigenvalue weighted by Gasteiger charge is 2.30. The number of rotatable bonds is 2. The smallest absolute Gasteiger partial charge is 0.272 e. The molecule has 1 aromatic heterocycles. The molecule has 5 heteroatoms. The molecule has 0 saturated heterocycles. The Morgan fingerprint density at radius 1 is 1.37 bits per heavy atom. The van der Waals surface area contributed by atoms with Crippen molar-refractivity contribution in [2.24, 2.45) is 0 Å². The quantitative estimate of drug-likeness (QED) is 0.858. The zero-order valence-corrected chi connectivity index (χ0v) is 11.5. The van der Waals surface area contributed by atoms with Crippen LogP contribution >= 0.6 is 0 Å². The second-order valence-corrected chi connectivity index (χ2v) is 5.71. The molecule has 0 radical (unpaired) electrons. The Morgan fingerprint density at radius 3 is 2.84 bits per heavy atom. The Labute approximate surface area is 113 Å². The summed E-state index contributed by atoms with van der Waals surface area (Å²) in [6.07, 6.45) is 5.49. The van der Waals surface area contributed by atoms with Gasteiger partial charge in [0, 0.05) is 18.0 Å². The fraction of sp³-hybridized carbons (Fsp3) is 0.714. The molecule has 0 unspecified atom stereocenters. The Balaban J connectivity index is 1.79. The van der Waals surface area contributed by atoms with Crippen molar-refractivity contribution >= 4 is 5.91 Å². The molecule has 0 aromatic carbocycles. The van der Waals surface area contributed by atoms with E-state index in [0.29, 0.717) is 11.7 Å². The molecule has 1 saturated carbocycles. The third-order valence-electron chi connectivity index (χ3n) is 4.14. The fourth-order valence-electron chi connectivity index (χ4n) is 3.19. The lowest BCUT2D eigenvalue weighted by molar-refractivity contribution is -0.00697. The van der Waals surface area contributed by atoms with Gasteiger partial charge in [-0.3, -0.25) is 9.89 Å². The lowest BCUT2D eigenvalue weighted by atomic mass is 9.99. The lowest BCUT2D eigenvalue weighted by Gasteiger charge is -2.25. The molecule has 2 N–H and O–H groups in total. The number of H-pyrrole nitrogens is 1. The number of aromatic amines is 1. The van der Waals surface area contributed by atoms with Crippen molar-refractivity contribution < 1.29 is 9.53 Å². The molecule has 0 bridgehead atoms. The van der Waals surface area contributed by atoms with Crippen LogP contribution in [0.2, 0.25) is 0 Å². The summed E-state index contributed by atoms with van der Waals surface area (Å²) < 4.78 is 5.74. The summed E-state index contributed by atoms with van der Waals surface area (Å²) >= 11 is 0. The summed E-state index contributed by atoms with van der Waals surface area (Å²) in [7, 11) is 0. The maximum Gasteiger partial charge on any atom is 0.272 e. The van der Waals surface area contributed by atoms with E-state index in [1.165, 1.54) is 12.8 Å². The van der Waals surface area contributed by atoms with Crippen LogP contribution in [-0.4, -0.2) is 28.3 Å². The predicted octanol–water partition coefficient (Wildman–Crippen LogP) is 2.10. The van der Waals surface area contributed by atoms with Gasteiger partial charge >= 0.3 is 0 Å². The molecule has 19 heavy (non-hydrogen) atoms. The SMILES string of the molecule is C[C@@H]1Cc2c(C(=O)NC3CCCC3)n[nH]c2[C@H](C)O1. The number of nitrogens with zero attached hydrogens (tertiary/aromatic N) is 1. The summed E-state index contributed by atoms with van der Waals surface area (Å²) in [5.41, 5.74) is 2.54. The van der Waals surface area contributed by atoms with Gasteiger partial charge in [0.15, 0.2) is 5.69 Å². The maximum absolute atomic E-state index is 12.3. The average molecular weight is 263 g/mol. The topological polar surface area (TPSA) is 67.0 Å². The molecule has 2 atom stereocenters. The van der Waals surface area contributed by atoms with E-state index in [2.05, 4.69) is 15.5 Å². The van der Waals surface area contributed by atoms with Gasteiger partial charge in [-0.1, -0.05) is 12.8 Å². The van der Waals surface area contributed by atoms with Crippen LogP contribution in [0.1, 0.15) is 67.4 Å². The summed E-state index contributed by atoms with van der Waals surface area (Å²) in [5.74, 6) is -0.0364. The number of carbonyl (C=O) groups excluding carboxylic acids is 1. The van der Waals surface area contributed by atoms with E-state index >= 15 is 0 Å². The Kier molecular flexibility index (Phi) is 3.31. The van der Waals surface area contributed by atoms with Crippen LogP contribution in [0.3, 0.4) is 0 Å². The Morgan fingerprint density at radius 2 is 2.11 bits per heavy atom. The molecule has 1 amide bonds. The Hall–Kier alpha value is -1.36. The van der Waals surface area contributed by atoms with Crippen molar-refractivity contribution in [1.29, 1.82) is 0 Å². The van der Waals surface area contributed by atoms with Gasteiger partial charge in [0.1, 0.15) is 0 Å². The second-order valence-electron chi connectivity index (χ2n) is 5.71. The highest BCUT2D eigenvalue weighted by molar-refractivity contribution is 5.94. The molecular weight excluding hydrogens is 242 g/mol. The number of hydrogen-bond acceptors (Lipinski definition) is 3. The van der Waals surface area contributed by atoms with Gasteiger partial charge in [0.05, 0.1) is 17.9 Å². The van der Waals surface area contributed by atoms with Crippen molar-refractivity contribution in [3.8, 4) is 0 Å². The number of hydrogen-bond donors (Lipinski definition) is 2. The molecule has 2 heterocycles. The van der Waals surface area contributed by atoms with E-state index in [9.17, 15) is 4.79 Å². The molecule has 1 aliphatic heterocycles. The molecule has 5 nitrogen and oxygen atoms in total. The van der Waals surface area contributed by atoms with Gasteiger partial charge in [0.25, 0.3) is 5.91 Å². The molecule has 2 aliphatic rings. The van der Waals surface area contributed by atoms with E-state index < -0.39 is 0 Å². The summed E-state index contributed by atoms with van der Waals surface area (Å²) in [6, 6.07) is 0.328. The zero-order chi connectivity index (χ0) is 13.4.